The number of hydrogen-bond acceptors (Lipinski definition) is 4. The van der Waals surface area contributed by atoms with Gasteiger partial charge in [-0.3, -0.25) is 4.99 Å². The topological polar surface area (TPSA) is 53.0 Å². The van der Waals surface area contributed by atoms with Crippen LogP contribution in [-0.2, 0) is 11.3 Å². The number of nitrogens with one attached hydrogen (secondary N) is 1. The molecule has 1 atom stereocenters. The zero-order chi connectivity index (χ0) is 17.7. The maximum absolute atomic E-state index is 5.62. The molecule has 0 radical (unpaired) electrons. The SMILES string of the molecule is CCN(CC)c1ccc(CNC(=NC)N2CCC3(CCOC3)C2)cn1.I. The van der Waals surface area contributed by atoms with Gasteiger partial charge in [-0.25, -0.2) is 4.98 Å². The van der Waals surface area contributed by atoms with Crippen LogP contribution in [0.5, 0.6) is 0 Å². The number of rotatable bonds is 5. The molecule has 0 saturated carbocycles. The fourth-order valence-corrected chi connectivity index (χ4v) is 3.86. The number of guanidine groups is 1. The zero-order valence-electron chi connectivity index (χ0n) is 16.2. The molecule has 2 aliphatic heterocycles. The van der Waals surface area contributed by atoms with Crippen molar-refractivity contribution in [2.24, 2.45) is 10.4 Å². The highest BCUT2D eigenvalue weighted by Gasteiger charge is 2.42. The summed E-state index contributed by atoms with van der Waals surface area (Å²) < 4.78 is 5.62. The van der Waals surface area contributed by atoms with Crippen LogP contribution in [0, 0.1) is 5.41 Å². The number of ether oxygens (including phenoxy) is 1. The van der Waals surface area contributed by atoms with E-state index >= 15 is 0 Å². The first-order valence-electron chi connectivity index (χ1n) is 9.43. The van der Waals surface area contributed by atoms with Crippen LogP contribution in [0.25, 0.3) is 0 Å². The number of nitrogens with zero attached hydrogens (tertiary/aromatic N) is 4. The molecular formula is C19H32IN5O. The summed E-state index contributed by atoms with van der Waals surface area (Å²) in [6.07, 6.45) is 4.34. The Kier molecular flexibility index (Phi) is 7.94. The highest BCUT2D eigenvalue weighted by Crippen LogP contribution is 2.38. The average molecular weight is 473 g/mol. The normalized spacial score (nSPS) is 22.6. The lowest BCUT2D eigenvalue weighted by Gasteiger charge is -2.25. The average Bonchev–Trinajstić information content (AvgIpc) is 3.28. The summed E-state index contributed by atoms with van der Waals surface area (Å²) in [4.78, 5) is 13.7. The number of aliphatic imine (C=N–C) groups is 1. The van der Waals surface area contributed by atoms with Gasteiger partial charge in [0.25, 0.3) is 0 Å². The Labute approximate surface area is 174 Å². The van der Waals surface area contributed by atoms with Gasteiger partial charge in [-0.1, -0.05) is 6.07 Å². The third-order valence-corrected chi connectivity index (χ3v) is 5.48. The zero-order valence-corrected chi connectivity index (χ0v) is 18.5. The van der Waals surface area contributed by atoms with Gasteiger partial charge in [0.05, 0.1) is 6.61 Å². The number of hydrogen-bond donors (Lipinski definition) is 1. The predicted octanol–water partition coefficient (Wildman–Crippen LogP) is 2.73. The fraction of sp³-hybridized carbons (Fsp3) is 0.684. The van der Waals surface area contributed by atoms with Gasteiger partial charge < -0.3 is 19.9 Å². The lowest BCUT2D eigenvalue weighted by Crippen LogP contribution is -2.41. The molecule has 2 fully saturated rings. The van der Waals surface area contributed by atoms with Crippen molar-refractivity contribution >= 4 is 35.8 Å². The Bertz CT molecular complexity index is 582. The van der Waals surface area contributed by atoms with Crippen LogP contribution in [0.15, 0.2) is 23.3 Å². The molecular weight excluding hydrogens is 441 g/mol. The van der Waals surface area contributed by atoms with E-state index in [4.69, 9.17) is 4.74 Å². The van der Waals surface area contributed by atoms with Crippen molar-refractivity contribution in [3.05, 3.63) is 23.9 Å². The minimum atomic E-state index is 0. The van der Waals surface area contributed by atoms with E-state index in [1.54, 1.807) is 0 Å². The van der Waals surface area contributed by atoms with Gasteiger partial charge in [0, 0.05) is 58.0 Å². The van der Waals surface area contributed by atoms with Gasteiger partial charge in [-0.15, -0.1) is 24.0 Å². The lowest BCUT2D eigenvalue weighted by atomic mass is 9.87. The Morgan fingerprint density at radius 3 is 2.73 bits per heavy atom. The Hall–Kier alpha value is -1.09. The maximum atomic E-state index is 5.62. The summed E-state index contributed by atoms with van der Waals surface area (Å²) in [6.45, 7) is 10.9. The van der Waals surface area contributed by atoms with Gasteiger partial charge >= 0.3 is 0 Å². The van der Waals surface area contributed by atoms with E-state index in [9.17, 15) is 0 Å². The van der Waals surface area contributed by atoms with Crippen LogP contribution in [-0.4, -0.2) is 62.3 Å². The number of likely N-dealkylation sites (tertiary alicyclic amines) is 1. The molecule has 146 valence electrons. The number of anilines is 1. The standard InChI is InChI=1S/C19H31N5O.HI/c1-4-23(5-2)17-7-6-16(12-21-17)13-22-18(20-3)24-10-8-19(14-24)9-11-25-15-19;/h6-7,12H,4-5,8-11,13-15H2,1-3H3,(H,20,22);1H. The smallest absolute Gasteiger partial charge is 0.193 e. The molecule has 1 aromatic rings. The molecule has 0 bridgehead atoms. The van der Waals surface area contributed by atoms with Crippen molar-refractivity contribution in [1.29, 1.82) is 0 Å². The molecule has 3 rings (SSSR count). The maximum Gasteiger partial charge on any atom is 0.193 e. The number of pyridine rings is 1. The van der Waals surface area contributed by atoms with Crippen molar-refractivity contribution < 1.29 is 4.74 Å². The lowest BCUT2D eigenvalue weighted by molar-refractivity contribution is 0.156. The molecule has 2 aliphatic rings. The van der Waals surface area contributed by atoms with Crippen molar-refractivity contribution in [3.63, 3.8) is 0 Å². The van der Waals surface area contributed by atoms with Crippen LogP contribution in [0.2, 0.25) is 0 Å². The fourth-order valence-electron chi connectivity index (χ4n) is 3.86. The summed E-state index contributed by atoms with van der Waals surface area (Å²) >= 11 is 0. The van der Waals surface area contributed by atoms with E-state index < -0.39 is 0 Å². The summed E-state index contributed by atoms with van der Waals surface area (Å²) in [5.74, 6) is 2.03. The molecule has 2 saturated heterocycles. The van der Waals surface area contributed by atoms with Gasteiger partial charge in [0.1, 0.15) is 5.82 Å². The first kappa shape index (κ1) is 21.2. The summed E-state index contributed by atoms with van der Waals surface area (Å²) in [7, 11) is 1.86. The molecule has 6 nitrogen and oxygen atoms in total. The molecule has 1 aromatic heterocycles. The Morgan fingerprint density at radius 1 is 1.35 bits per heavy atom. The van der Waals surface area contributed by atoms with E-state index in [0.29, 0.717) is 5.41 Å². The van der Waals surface area contributed by atoms with E-state index in [0.717, 1.165) is 57.7 Å². The monoisotopic (exact) mass is 473 g/mol. The van der Waals surface area contributed by atoms with Gasteiger partial charge in [-0.05, 0) is 38.3 Å². The first-order chi connectivity index (χ1) is 12.2. The second kappa shape index (κ2) is 9.73. The molecule has 0 aromatic carbocycles. The van der Waals surface area contributed by atoms with Crippen LogP contribution in [0.4, 0.5) is 5.82 Å². The molecule has 7 heteroatoms. The largest absolute Gasteiger partial charge is 0.381 e. The van der Waals surface area contributed by atoms with Crippen molar-refractivity contribution in [1.82, 2.24) is 15.2 Å². The Balaban J connectivity index is 0.00000243. The molecule has 1 unspecified atom stereocenters. The van der Waals surface area contributed by atoms with Gasteiger partial charge in [0.2, 0.25) is 0 Å². The third kappa shape index (κ3) is 4.79. The van der Waals surface area contributed by atoms with Crippen LogP contribution >= 0.6 is 24.0 Å². The number of aromatic nitrogens is 1. The van der Waals surface area contributed by atoms with E-state index in [-0.39, 0.29) is 24.0 Å². The minimum absolute atomic E-state index is 0. The third-order valence-electron chi connectivity index (χ3n) is 5.48. The second-order valence-corrected chi connectivity index (χ2v) is 7.07. The highest BCUT2D eigenvalue weighted by molar-refractivity contribution is 14.0. The van der Waals surface area contributed by atoms with Gasteiger partial charge in [-0.2, -0.15) is 0 Å². The molecule has 3 heterocycles. The molecule has 1 spiro atoms. The van der Waals surface area contributed by atoms with E-state index in [1.165, 1.54) is 18.4 Å². The minimum Gasteiger partial charge on any atom is -0.381 e. The quantitative estimate of drug-likeness (QED) is 0.405. The predicted molar refractivity (Wildman–Crippen MR) is 117 cm³/mol. The Morgan fingerprint density at radius 2 is 2.15 bits per heavy atom. The van der Waals surface area contributed by atoms with Crippen molar-refractivity contribution in [2.75, 3.05) is 51.3 Å². The summed E-state index contributed by atoms with van der Waals surface area (Å²) in [6, 6.07) is 4.25. The van der Waals surface area contributed by atoms with E-state index in [2.05, 4.69) is 51.1 Å². The second-order valence-electron chi connectivity index (χ2n) is 7.07. The van der Waals surface area contributed by atoms with Crippen molar-refractivity contribution in [2.45, 2.75) is 33.2 Å². The van der Waals surface area contributed by atoms with E-state index in [1.807, 2.05) is 13.2 Å². The first-order valence-corrected chi connectivity index (χ1v) is 9.43. The van der Waals surface area contributed by atoms with Crippen LogP contribution < -0.4 is 10.2 Å². The van der Waals surface area contributed by atoms with Gasteiger partial charge in [0.15, 0.2) is 5.96 Å². The summed E-state index contributed by atoms with van der Waals surface area (Å²) in [5, 5.41) is 3.49. The summed E-state index contributed by atoms with van der Waals surface area (Å²) in [5.41, 5.74) is 1.53. The molecule has 26 heavy (non-hydrogen) atoms. The highest BCUT2D eigenvalue weighted by atomic mass is 127. The van der Waals surface area contributed by atoms with Crippen molar-refractivity contribution in [3.8, 4) is 0 Å². The van der Waals surface area contributed by atoms with Crippen LogP contribution in [0.1, 0.15) is 32.3 Å². The van der Waals surface area contributed by atoms with Crippen LogP contribution in [0.3, 0.4) is 0 Å². The molecule has 0 aliphatic carbocycles. The number of halogens is 1. The molecule has 0 amide bonds. The molecule has 1 N–H and O–H groups in total.